The Morgan fingerprint density at radius 1 is 1.26 bits per heavy atom. The highest BCUT2D eigenvalue weighted by Gasteiger charge is 2.48. The van der Waals surface area contributed by atoms with Crippen LogP contribution in [0.1, 0.15) is 52.9 Å². The molecule has 0 aromatic carbocycles. The first-order valence-corrected chi connectivity index (χ1v) is 7.25. The standard InChI is InChI=1S/C14H25FN2O2/c1-4-8-11-12(18)16-14(5-2,6-3)13(19)17(11)10-7-9-15/h11H,4-10H2,1-3H3,(H,16,18). The monoisotopic (exact) mass is 272 g/mol. The van der Waals surface area contributed by atoms with Crippen LogP contribution in [0.4, 0.5) is 4.39 Å². The van der Waals surface area contributed by atoms with Gasteiger partial charge in [-0.05, 0) is 25.7 Å². The van der Waals surface area contributed by atoms with Crippen LogP contribution in [0.25, 0.3) is 0 Å². The summed E-state index contributed by atoms with van der Waals surface area (Å²) in [6, 6.07) is -0.435. The second kappa shape index (κ2) is 6.87. The van der Waals surface area contributed by atoms with E-state index in [1.165, 1.54) is 0 Å². The molecule has 0 aromatic heterocycles. The molecular formula is C14H25FN2O2. The van der Waals surface area contributed by atoms with E-state index in [0.29, 0.717) is 32.2 Å². The van der Waals surface area contributed by atoms with Crippen LogP contribution < -0.4 is 5.32 Å². The Balaban J connectivity index is 3.00. The zero-order chi connectivity index (χ0) is 14.5. The summed E-state index contributed by atoms with van der Waals surface area (Å²) in [6.45, 7) is 5.64. The number of nitrogens with zero attached hydrogens (tertiary/aromatic N) is 1. The Labute approximate surface area is 114 Å². The van der Waals surface area contributed by atoms with Crippen molar-refractivity contribution in [1.82, 2.24) is 10.2 Å². The average Bonchev–Trinajstić information content (AvgIpc) is 2.42. The summed E-state index contributed by atoms with van der Waals surface area (Å²) in [5.41, 5.74) is -0.794. The highest BCUT2D eigenvalue weighted by Crippen LogP contribution is 2.26. The van der Waals surface area contributed by atoms with E-state index in [0.717, 1.165) is 6.42 Å². The summed E-state index contributed by atoms with van der Waals surface area (Å²) >= 11 is 0. The summed E-state index contributed by atoms with van der Waals surface area (Å²) in [5, 5.41) is 2.90. The third-order valence-corrected chi connectivity index (χ3v) is 4.01. The molecule has 0 aliphatic carbocycles. The van der Waals surface area contributed by atoms with Crippen LogP contribution in [0, 0.1) is 0 Å². The fourth-order valence-corrected chi connectivity index (χ4v) is 2.71. The lowest BCUT2D eigenvalue weighted by atomic mass is 9.86. The van der Waals surface area contributed by atoms with Gasteiger partial charge < -0.3 is 10.2 Å². The Hall–Kier alpha value is -1.13. The van der Waals surface area contributed by atoms with Gasteiger partial charge in [0.15, 0.2) is 0 Å². The first-order chi connectivity index (χ1) is 9.06. The van der Waals surface area contributed by atoms with Crippen LogP contribution in [0.15, 0.2) is 0 Å². The number of amides is 2. The molecule has 1 N–H and O–H groups in total. The zero-order valence-electron chi connectivity index (χ0n) is 12.2. The van der Waals surface area contributed by atoms with Crippen LogP contribution in [0.3, 0.4) is 0 Å². The summed E-state index contributed by atoms with van der Waals surface area (Å²) in [7, 11) is 0. The van der Waals surface area contributed by atoms with Crippen molar-refractivity contribution in [2.45, 2.75) is 64.5 Å². The minimum absolute atomic E-state index is 0.0519. The number of hydrogen-bond donors (Lipinski definition) is 1. The van der Waals surface area contributed by atoms with E-state index in [1.54, 1.807) is 4.90 Å². The number of carbonyl (C=O) groups is 2. The quantitative estimate of drug-likeness (QED) is 0.771. The van der Waals surface area contributed by atoms with Gasteiger partial charge in [-0.2, -0.15) is 0 Å². The van der Waals surface area contributed by atoms with Gasteiger partial charge in [-0.1, -0.05) is 27.2 Å². The molecule has 2 amide bonds. The molecule has 5 heteroatoms. The van der Waals surface area contributed by atoms with Crippen molar-refractivity contribution in [3.63, 3.8) is 0 Å². The van der Waals surface area contributed by atoms with Crippen LogP contribution in [0.5, 0.6) is 0 Å². The molecular weight excluding hydrogens is 247 g/mol. The molecule has 1 aliphatic heterocycles. The predicted octanol–water partition coefficient (Wildman–Crippen LogP) is 2.03. The van der Waals surface area contributed by atoms with Gasteiger partial charge in [0.25, 0.3) is 0 Å². The normalized spacial score (nSPS) is 22.5. The number of hydrogen-bond acceptors (Lipinski definition) is 2. The maximum Gasteiger partial charge on any atom is 0.248 e. The van der Waals surface area contributed by atoms with E-state index in [2.05, 4.69) is 5.32 Å². The number of halogens is 1. The molecule has 0 aromatic rings. The van der Waals surface area contributed by atoms with E-state index >= 15 is 0 Å². The molecule has 19 heavy (non-hydrogen) atoms. The van der Waals surface area contributed by atoms with Crippen LogP contribution >= 0.6 is 0 Å². The fraction of sp³-hybridized carbons (Fsp3) is 0.857. The van der Waals surface area contributed by atoms with Crippen molar-refractivity contribution in [3.8, 4) is 0 Å². The van der Waals surface area contributed by atoms with E-state index in [-0.39, 0.29) is 11.8 Å². The van der Waals surface area contributed by atoms with E-state index in [9.17, 15) is 14.0 Å². The molecule has 0 saturated carbocycles. The SMILES string of the molecule is CCCC1C(=O)NC(CC)(CC)C(=O)N1CCCF. The number of carbonyl (C=O) groups excluding carboxylic acids is 2. The smallest absolute Gasteiger partial charge is 0.248 e. The van der Waals surface area contributed by atoms with Gasteiger partial charge in [0.1, 0.15) is 11.6 Å². The number of piperazine rings is 1. The molecule has 1 unspecified atom stereocenters. The van der Waals surface area contributed by atoms with Crippen molar-refractivity contribution in [2.24, 2.45) is 0 Å². The summed E-state index contributed by atoms with van der Waals surface area (Å²) in [6.07, 6.45) is 2.89. The number of alkyl halides is 1. The third-order valence-electron chi connectivity index (χ3n) is 4.01. The Bertz CT molecular complexity index is 329. The van der Waals surface area contributed by atoms with Crippen LogP contribution in [-0.4, -0.2) is 41.5 Å². The molecule has 0 spiro atoms. The maximum atomic E-state index is 12.6. The second-order valence-electron chi connectivity index (χ2n) is 5.12. The van der Waals surface area contributed by atoms with Gasteiger partial charge in [0, 0.05) is 6.54 Å². The molecule has 1 heterocycles. The molecule has 1 rings (SSSR count). The van der Waals surface area contributed by atoms with Gasteiger partial charge in [-0.3, -0.25) is 14.0 Å². The largest absolute Gasteiger partial charge is 0.340 e. The molecule has 1 atom stereocenters. The predicted molar refractivity (Wildman–Crippen MR) is 72.5 cm³/mol. The van der Waals surface area contributed by atoms with Crippen molar-refractivity contribution in [3.05, 3.63) is 0 Å². The Morgan fingerprint density at radius 2 is 1.89 bits per heavy atom. The highest BCUT2D eigenvalue weighted by atomic mass is 19.1. The lowest BCUT2D eigenvalue weighted by molar-refractivity contribution is -0.156. The van der Waals surface area contributed by atoms with Gasteiger partial charge in [0.05, 0.1) is 6.67 Å². The van der Waals surface area contributed by atoms with Crippen molar-refractivity contribution >= 4 is 11.8 Å². The maximum absolute atomic E-state index is 12.6. The minimum atomic E-state index is -0.794. The van der Waals surface area contributed by atoms with Crippen molar-refractivity contribution in [1.29, 1.82) is 0 Å². The van der Waals surface area contributed by atoms with E-state index < -0.39 is 18.3 Å². The van der Waals surface area contributed by atoms with Gasteiger partial charge in [-0.15, -0.1) is 0 Å². The molecule has 0 radical (unpaired) electrons. The summed E-state index contributed by atoms with van der Waals surface area (Å²) < 4.78 is 12.4. The van der Waals surface area contributed by atoms with Crippen molar-refractivity contribution in [2.75, 3.05) is 13.2 Å². The van der Waals surface area contributed by atoms with Gasteiger partial charge in [-0.25, -0.2) is 0 Å². The first-order valence-electron chi connectivity index (χ1n) is 7.25. The van der Waals surface area contributed by atoms with Gasteiger partial charge >= 0.3 is 0 Å². The highest BCUT2D eigenvalue weighted by molar-refractivity contribution is 5.99. The van der Waals surface area contributed by atoms with E-state index in [1.807, 2.05) is 20.8 Å². The third kappa shape index (κ3) is 3.07. The second-order valence-corrected chi connectivity index (χ2v) is 5.12. The van der Waals surface area contributed by atoms with E-state index in [4.69, 9.17) is 0 Å². The van der Waals surface area contributed by atoms with Gasteiger partial charge in [0.2, 0.25) is 11.8 Å². The van der Waals surface area contributed by atoms with Crippen LogP contribution in [-0.2, 0) is 9.59 Å². The fourth-order valence-electron chi connectivity index (χ4n) is 2.71. The average molecular weight is 272 g/mol. The lowest BCUT2D eigenvalue weighted by Gasteiger charge is -2.45. The molecule has 4 nitrogen and oxygen atoms in total. The summed E-state index contributed by atoms with van der Waals surface area (Å²) in [4.78, 5) is 26.5. The topological polar surface area (TPSA) is 49.4 Å². The molecule has 1 saturated heterocycles. The van der Waals surface area contributed by atoms with Crippen LogP contribution in [0.2, 0.25) is 0 Å². The van der Waals surface area contributed by atoms with Crippen molar-refractivity contribution < 1.29 is 14.0 Å². The first kappa shape index (κ1) is 15.9. The Kier molecular flexibility index (Phi) is 5.76. The number of rotatable bonds is 7. The number of nitrogens with one attached hydrogen (secondary N) is 1. The molecule has 1 aliphatic rings. The minimum Gasteiger partial charge on any atom is -0.340 e. The molecule has 0 bridgehead atoms. The Morgan fingerprint density at radius 3 is 2.37 bits per heavy atom. The molecule has 1 fully saturated rings. The summed E-state index contributed by atoms with van der Waals surface area (Å²) in [5.74, 6) is -0.145. The molecule has 110 valence electrons. The zero-order valence-corrected chi connectivity index (χ0v) is 12.2. The lowest BCUT2D eigenvalue weighted by Crippen LogP contribution is -2.70.